The van der Waals surface area contributed by atoms with Crippen LogP contribution in [0.4, 0.5) is 4.79 Å². The van der Waals surface area contributed by atoms with Gasteiger partial charge in [-0.25, -0.2) is 14.4 Å². The summed E-state index contributed by atoms with van der Waals surface area (Å²) in [4.78, 5) is 34.8. The van der Waals surface area contributed by atoms with E-state index in [1.165, 1.54) is 0 Å². The lowest BCUT2D eigenvalue weighted by molar-refractivity contribution is 0.0501. The molecule has 6 nitrogen and oxygen atoms in total. The molecule has 0 unspecified atom stereocenters. The Hall–Kier alpha value is -3.15. The number of alkyl carbamates (subject to hydrolysis) is 1. The number of esters is 2. The Morgan fingerprint density at radius 1 is 0.792 bits per heavy atom. The predicted octanol–water partition coefficient (Wildman–Crippen LogP) is 2.80. The zero-order valence-corrected chi connectivity index (χ0v) is 12.9. The molecule has 0 atom stereocenters. The van der Waals surface area contributed by atoms with E-state index >= 15 is 0 Å². The summed E-state index contributed by atoms with van der Waals surface area (Å²) in [6.07, 6.45) is -0.425. The third-order valence-corrected chi connectivity index (χ3v) is 3.03. The van der Waals surface area contributed by atoms with Gasteiger partial charge in [0.2, 0.25) is 0 Å². The van der Waals surface area contributed by atoms with E-state index in [-0.39, 0.29) is 13.2 Å². The Labute approximate surface area is 139 Å². The van der Waals surface area contributed by atoms with E-state index in [2.05, 4.69) is 10.1 Å². The van der Waals surface area contributed by atoms with Crippen LogP contribution in [0, 0.1) is 0 Å². The summed E-state index contributed by atoms with van der Waals surface area (Å²) in [6, 6.07) is 16.8. The van der Waals surface area contributed by atoms with E-state index in [1.807, 2.05) is 6.07 Å². The van der Waals surface area contributed by atoms with Gasteiger partial charge in [-0.15, -0.1) is 0 Å². The smallest absolute Gasteiger partial charge is 0.415 e. The lowest BCUT2D eigenvalue weighted by atomic mass is 10.2. The maximum Gasteiger partial charge on any atom is 0.415 e. The molecule has 0 heterocycles. The van der Waals surface area contributed by atoms with E-state index < -0.39 is 18.0 Å². The molecule has 0 aliphatic heterocycles. The third kappa shape index (κ3) is 5.57. The molecule has 24 heavy (non-hydrogen) atoms. The number of ether oxygens (including phenoxy) is 2. The van der Waals surface area contributed by atoms with Crippen molar-refractivity contribution in [3.05, 3.63) is 71.8 Å². The van der Waals surface area contributed by atoms with Gasteiger partial charge in [0.1, 0.15) is 0 Å². The van der Waals surface area contributed by atoms with E-state index in [0.29, 0.717) is 17.5 Å². The molecule has 6 heteroatoms. The van der Waals surface area contributed by atoms with Crippen molar-refractivity contribution in [2.45, 2.75) is 6.42 Å². The van der Waals surface area contributed by atoms with Crippen molar-refractivity contribution in [2.75, 3.05) is 13.2 Å². The first-order valence-corrected chi connectivity index (χ1v) is 7.44. The molecule has 0 spiro atoms. The van der Waals surface area contributed by atoms with Crippen LogP contribution in [0.5, 0.6) is 0 Å². The Kier molecular flexibility index (Phi) is 6.52. The largest absolute Gasteiger partial charge is 0.462 e. The van der Waals surface area contributed by atoms with Crippen molar-refractivity contribution in [3.63, 3.8) is 0 Å². The molecular formula is C18H17NO5. The van der Waals surface area contributed by atoms with Gasteiger partial charge in [0.25, 0.3) is 0 Å². The van der Waals surface area contributed by atoms with Crippen LogP contribution in [0.15, 0.2) is 60.7 Å². The van der Waals surface area contributed by atoms with E-state index in [4.69, 9.17) is 4.74 Å². The normalized spacial score (nSPS) is 9.83. The molecule has 0 aromatic heterocycles. The van der Waals surface area contributed by atoms with Gasteiger partial charge in [0.05, 0.1) is 17.7 Å². The van der Waals surface area contributed by atoms with Crippen LogP contribution in [0.3, 0.4) is 0 Å². The number of benzene rings is 2. The summed E-state index contributed by atoms with van der Waals surface area (Å²) in [6.45, 7) is 0.379. The van der Waals surface area contributed by atoms with Crippen molar-refractivity contribution in [1.82, 2.24) is 5.32 Å². The van der Waals surface area contributed by atoms with Crippen LogP contribution in [-0.4, -0.2) is 31.2 Å². The van der Waals surface area contributed by atoms with Crippen molar-refractivity contribution in [2.24, 2.45) is 0 Å². The van der Waals surface area contributed by atoms with Crippen LogP contribution in [-0.2, 0) is 9.47 Å². The molecule has 0 aliphatic carbocycles. The van der Waals surface area contributed by atoms with Gasteiger partial charge in [-0.2, -0.15) is 0 Å². The molecule has 0 aliphatic rings. The second kappa shape index (κ2) is 9.09. The molecule has 1 N–H and O–H groups in total. The molecular weight excluding hydrogens is 310 g/mol. The van der Waals surface area contributed by atoms with Gasteiger partial charge in [-0.1, -0.05) is 36.4 Å². The lowest BCUT2D eigenvalue weighted by Gasteiger charge is -2.07. The van der Waals surface area contributed by atoms with Crippen LogP contribution in [0.25, 0.3) is 0 Å². The molecule has 124 valence electrons. The van der Waals surface area contributed by atoms with Crippen LogP contribution < -0.4 is 5.32 Å². The van der Waals surface area contributed by atoms with E-state index in [0.717, 1.165) is 0 Å². The van der Waals surface area contributed by atoms with E-state index in [9.17, 15) is 14.4 Å². The predicted molar refractivity (Wildman–Crippen MR) is 86.6 cm³/mol. The first-order valence-electron chi connectivity index (χ1n) is 7.44. The number of nitrogens with one attached hydrogen (secondary N) is 1. The first-order chi connectivity index (χ1) is 11.7. The summed E-state index contributed by atoms with van der Waals surface area (Å²) >= 11 is 0. The third-order valence-electron chi connectivity index (χ3n) is 3.03. The topological polar surface area (TPSA) is 81.7 Å². The molecule has 1 amide bonds. The van der Waals surface area contributed by atoms with Crippen molar-refractivity contribution < 1.29 is 23.9 Å². The van der Waals surface area contributed by atoms with Gasteiger partial charge in [-0.05, 0) is 30.7 Å². The average Bonchev–Trinajstić information content (AvgIpc) is 2.62. The minimum absolute atomic E-state index is 0.153. The van der Waals surface area contributed by atoms with Crippen molar-refractivity contribution in [3.8, 4) is 0 Å². The van der Waals surface area contributed by atoms with Crippen molar-refractivity contribution in [1.29, 1.82) is 0 Å². The molecule has 2 aromatic carbocycles. The monoisotopic (exact) mass is 327 g/mol. The molecule has 2 aromatic rings. The lowest BCUT2D eigenvalue weighted by Crippen LogP contribution is -2.28. The summed E-state index contributed by atoms with van der Waals surface area (Å²) in [5, 5.41) is 2.42. The second-order valence-corrected chi connectivity index (χ2v) is 4.83. The number of carbonyl (C=O) groups is 3. The Morgan fingerprint density at radius 3 is 1.92 bits per heavy atom. The van der Waals surface area contributed by atoms with E-state index in [1.54, 1.807) is 54.6 Å². The van der Waals surface area contributed by atoms with Gasteiger partial charge >= 0.3 is 18.0 Å². The van der Waals surface area contributed by atoms with Crippen LogP contribution >= 0.6 is 0 Å². The molecule has 0 saturated heterocycles. The Bertz CT molecular complexity index is 685. The van der Waals surface area contributed by atoms with Gasteiger partial charge in [0, 0.05) is 6.54 Å². The fourth-order valence-electron chi connectivity index (χ4n) is 1.84. The zero-order chi connectivity index (χ0) is 17.2. The highest BCUT2D eigenvalue weighted by Gasteiger charge is 2.12. The Morgan fingerprint density at radius 2 is 1.33 bits per heavy atom. The Balaban J connectivity index is 1.61. The molecule has 0 fully saturated rings. The quantitative estimate of drug-likeness (QED) is 0.501. The van der Waals surface area contributed by atoms with Crippen molar-refractivity contribution >= 4 is 18.0 Å². The summed E-state index contributed by atoms with van der Waals surface area (Å²) in [7, 11) is 0. The highest BCUT2D eigenvalue weighted by Crippen LogP contribution is 2.02. The molecule has 0 bridgehead atoms. The minimum Gasteiger partial charge on any atom is -0.462 e. The fraction of sp³-hybridized carbons (Fsp3) is 0.167. The zero-order valence-electron chi connectivity index (χ0n) is 12.9. The van der Waals surface area contributed by atoms with Gasteiger partial charge in [-0.3, -0.25) is 0 Å². The SMILES string of the molecule is O=C(NCCCOC(=O)c1ccccc1)OC(=O)c1ccccc1. The van der Waals surface area contributed by atoms with Gasteiger partial charge in [0.15, 0.2) is 0 Å². The summed E-state index contributed by atoms with van der Waals surface area (Å²) in [5.41, 5.74) is 0.766. The number of carbonyl (C=O) groups excluding carboxylic acids is 3. The molecule has 0 saturated carbocycles. The van der Waals surface area contributed by atoms with Crippen LogP contribution in [0.2, 0.25) is 0 Å². The highest BCUT2D eigenvalue weighted by atomic mass is 16.6. The number of hydrogen-bond acceptors (Lipinski definition) is 5. The first kappa shape index (κ1) is 17.2. The summed E-state index contributed by atoms with van der Waals surface area (Å²) in [5.74, 6) is -1.14. The number of rotatable bonds is 6. The fourth-order valence-corrected chi connectivity index (χ4v) is 1.84. The second-order valence-electron chi connectivity index (χ2n) is 4.83. The minimum atomic E-state index is -0.835. The maximum atomic E-state index is 11.7. The molecule has 0 radical (unpaired) electrons. The standard InChI is InChI=1S/C18H17NO5/c20-16(14-8-3-1-4-9-14)23-13-7-12-19-18(22)24-17(21)15-10-5-2-6-11-15/h1-6,8-11H,7,12-13H2,(H,19,22). The maximum absolute atomic E-state index is 11.7. The summed E-state index contributed by atoms with van der Waals surface area (Å²) < 4.78 is 9.70. The number of amides is 1. The highest BCUT2D eigenvalue weighted by molar-refractivity contribution is 5.96. The van der Waals surface area contributed by atoms with Gasteiger partial charge < -0.3 is 14.8 Å². The molecule has 2 rings (SSSR count). The average molecular weight is 327 g/mol. The van der Waals surface area contributed by atoms with Crippen LogP contribution in [0.1, 0.15) is 27.1 Å². The number of hydrogen-bond donors (Lipinski definition) is 1.